The Hall–Kier alpha value is -1.96. The van der Waals surface area contributed by atoms with Crippen molar-refractivity contribution in [1.29, 1.82) is 0 Å². The minimum atomic E-state index is -1.03. The number of aliphatic carboxylic acids is 1. The maximum absolute atomic E-state index is 12.2. The summed E-state index contributed by atoms with van der Waals surface area (Å²) in [6, 6.07) is 0. The lowest BCUT2D eigenvalue weighted by atomic mass is 10.1. The second-order valence-electron chi connectivity index (χ2n) is 4.45. The fourth-order valence-electron chi connectivity index (χ4n) is 2.09. The van der Waals surface area contributed by atoms with E-state index in [9.17, 15) is 9.59 Å². The number of methoxy groups -OCH3 is 1. The van der Waals surface area contributed by atoms with E-state index in [0.717, 1.165) is 17.5 Å². The van der Waals surface area contributed by atoms with Gasteiger partial charge in [-0.2, -0.15) is 0 Å². The van der Waals surface area contributed by atoms with E-state index in [1.807, 2.05) is 0 Å². The van der Waals surface area contributed by atoms with Crippen molar-refractivity contribution in [2.24, 2.45) is 0 Å². The minimum Gasteiger partial charge on any atom is -0.480 e. The number of amides is 1. The highest BCUT2D eigenvalue weighted by atomic mass is 16.5. The summed E-state index contributed by atoms with van der Waals surface area (Å²) in [5.74, 6) is -1.26. The van der Waals surface area contributed by atoms with Crippen molar-refractivity contribution in [3.63, 3.8) is 0 Å². The number of ether oxygens (including phenoxy) is 1. The molecule has 104 valence electrons. The lowest BCUT2D eigenvalue weighted by Gasteiger charge is -2.31. The lowest BCUT2D eigenvalue weighted by Crippen LogP contribution is -2.43. The van der Waals surface area contributed by atoms with Crippen molar-refractivity contribution in [2.45, 2.75) is 25.5 Å². The SMILES string of the molecule is COC1CCCN(C(=O)c2cn(CC(=O)O)nn2)C1. The Kier molecular flexibility index (Phi) is 4.10. The van der Waals surface area contributed by atoms with Gasteiger partial charge in [0.25, 0.3) is 5.91 Å². The number of carbonyl (C=O) groups excluding carboxylic acids is 1. The lowest BCUT2D eigenvalue weighted by molar-refractivity contribution is -0.137. The van der Waals surface area contributed by atoms with Gasteiger partial charge < -0.3 is 14.7 Å². The van der Waals surface area contributed by atoms with Crippen molar-refractivity contribution in [2.75, 3.05) is 20.2 Å². The molecule has 1 unspecified atom stereocenters. The third kappa shape index (κ3) is 3.28. The van der Waals surface area contributed by atoms with E-state index in [1.54, 1.807) is 12.0 Å². The van der Waals surface area contributed by atoms with Gasteiger partial charge in [-0.15, -0.1) is 5.10 Å². The Balaban J connectivity index is 2.02. The van der Waals surface area contributed by atoms with Crippen LogP contribution in [-0.4, -0.2) is 63.2 Å². The van der Waals surface area contributed by atoms with E-state index in [1.165, 1.54) is 6.20 Å². The summed E-state index contributed by atoms with van der Waals surface area (Å²) in [6.07, 6.45) is 3.22. The van der Waals surface area contributed by atoms with Crippen LogP contribution < -0.4 is 0 Å². The maximum atomic E-state index is 12.2. The van der Waals surface area contributed by atoms with E-state index in [-0.39, 0.29) is 24.2 Å². The molecule has 1 amide bonds. The van der Waals surface area contributed by atoms with Crippen molar-refractivity contribution in [1.82, 2.24) is 19.9 Å². The average molecular weight is 268 g/mol. The predicted octanol–water partition coefficient (Wildman–Crippen LogP) is -0.386. The monoisotopic (exact) mass is 268 g/mol. The normalized spacial score (nSPS) is 19.4. The zero-order valence-electron chi connectivity index (χ0n) is 10.7. The number of hydrogen-bond acceptors (Lipinski definition) is 5. The minimum absolute atomic E-state index is 0.0479. The Bertz CT molecular complexity index is 473. The summed E-state index contributed by atoms with van der Waals surface area (Å²) >= 11 is 0. The van der Waals surface area contributed by atoms with Gasteiger partial charge >= 0.3 is 5.97 Å². The highest BCUT2D eigenvalue weighted by Gasteiger charge is 2.26. The number of rotatable bonds is 4. The van der Waals surface area contributed by atoms with Gasteiger partial charge in [0.05, 0.1) is 12.3 Å². The summed E-state index contributed by atoms with van der Waals surface area (Å²) in [6.45, 7) is 0.882. The summed E-state index contributed by atoms with van der Waals surface area (Å²) in [5.41, 5.74) is 0.165. The summed E-state index contributed by atoms with van der Waals surface area (Å²) < 4.78 is 6.38. The molecular weight excluding hydrogens is 252 g/mol. The number of nitrogens with zero attached hydrogens (tertiary/aromatic N) is 4. The van der Waals surface area contributed by atoms with Crippen molar-refractivity contribution in [3.8, 4) is 0 Å². The average Bonchev–Trinajstić information content (AvgIpc) is 2.85. The third-order valence-electron chi connectivity index (χ3n) is 3.05. The Morgan fingerprint density at radius 3 is 3.05 bits per heavy atom. The van der Waals surface area contributed by atoms with Gasteiger partial charge in [0, 0.05) is 20.2 Å². The zero-order valence-corrected chi connectivity index (χ0v) is 10.7. The molecule has 0 spiro atoms. The fourth-order valence-corrected chi connectivity index (χ4v) is 2.09. The molecule has 1 aliphatic rings. The first-order valence-corrected chi connectivity index (χ1v) is 6.04. The van der Waals surface area contributed by atoms with E-state index in [4.69, 9.17) is 9.84 Å². The molecule has 0 saturated carbocycles. The molecule has 2 heterocycles. The number of aromatic nitrogens is 3. The van der Waals surface area contributed by atoms with Crippen molar-refractivity contribution >= 4 is 11.9 Å². The molecule has 1 atom stereocenters. The van der Waals surface area contributed by atoms with Crippen LogP contribution in [0.2, 0.25) is 0 Å². The van der Waals surface area contributed by atoms with Gasteiger partial charge in [0.15, 0.2) is 5.69 Å². The molecular formula is C11H16N4O4. The van der Waals surface area contributed by atoms with Gasteiger partial charge in [-0.1, -0.05) is 5.21 Å². The van der Waals surface area contributed by atoms with Crippen LogP contribution in [-0.2, 0) is 16.1 Å². The van der Waals surface area contributed by atoms with Crippen LogP contribution in [0.15, 0.2) is 6.20 Å². The molecule has 1 saturated heterocycles. The smallest absolute Gasteiger partial charge is 0.325 e. The van der Waals surface area contributed by atoms with Crippen LogP contribution in [0.5, 0.6) is 0 Å². The Morgan fingerprint density at radius 2 is 2.37 bits per heavy atom. The fraction of sp³-hybridized carbons (Fsp3) is 0.636. The van der Waals surface area contributed by atoms with Crippen LogP contribution in [0.3, 0.4) is 0 Å². The maximum Gasteiger partial charge on any atom is 0.325 e. The summed E-state index contributed by atoms with van der Waals surface area (Å²) in [5, 5.41) is 16.0. The van der Waals surface area contributed by atoms with Crippen LogP contribution in [0, 0.1) is 0 Å². The first kappa shape index (κ1) is 13.5. The second-order valence-corrected chi connectivity index (χ2v) is 4.45. The number of hydrogen-bond donors (Lipinski definition) is 1. The van der Waals surface area contributed by atoms with Gasteiger partial charge in [-0.25, -0.2) is 4.68 Å². The third-order valence-corrected chi connectivity index (χ3v) is 3.05. The van der Waals surface area contributed by atoms with Crippen LogP contribution in [0.1, 0.15) is 23.3 Å². The topological polar surface area (TPSA) is 97.5 Å². The van der Waals surface area contributed by atoms with E-state index in [0.29, 0.717) is 13.1 Å². The van der Waals surface area contributed by atoms with E-state index < -0.39 is 5.97 Å². The molecule has 1 aromatic rings. The molecule has 1 N–H and O–H groups in total. The zero-order chi connectivity index (χ0) is 13.8. The van der Waals surface area contributed by atoms with E-state index in [2.05, 4.69) is 10.3 Å². The quantitative estimate of drug-likeness (QED) is 0.799. The molecule has 0 aliphatic carbocycles. The van der Waals surface area contributed by atoms with Crippen LogP contribution in [0.4, 0.5) is 0 Å². The number of carbonyl (C=O) groups is 2. The summed E-state index contributed by atoms with van der Waals surface area (Å²) in [7, 11) is 1.63. The Labute approximate surface area is 109 Å². The highest BCUT2D eigenvalue weighted by Crippen LogP contribution is 2.14. The molecule has 2 rings (SSSR count). The molecule has 1 aromatic heterocycles. The number of carboxylic acid groups (broad SMARTS) is 1. The van der Waals surface area contributed by atoms with Crippen LogP contribution >= 0.6 is 0 Å². The van der Waals surface area contributed by atoms with Crippen molar-refractivity contribution in [3.05, 3.63) is 11.9 Å². The number of likely N-dealkylation sites (tertiary alicyclic amines) is 1. The largest absolute Gasteiger partial charge is 0.480 e. The summed E-state index contributed by atoms with van der Waals surface area (Å²) in [4.78, 5) is 24.4. The van der Waals surface area contributed by atoms with Crippen LogP contribution in [0.25, 0.3) is 0 Å². The number of carboxylic acids is 1. The molecule has 1 aliphatic heterocycles. The van der Waals surface area contributed by atoms with Gasteiger partial charge in [-0.05, 0) is 12.8 Å². The number of piperidine rings is 1. The molecule has 0 radical (unpaired) electrons. The van der Waals surface area contributed by atoms with Gasteiger partial charge in [0.2, 0.25) is 0 Å². The van der Waals surface area contributed by atoms with Gasteiger partial charge in [-0.3, -0.25) is 9.59 Å². The molecule has 8 nitrogen and oxygen atoms in total. The predicted molar refractivity (Wildman–Crippen MR) is 63.6 cm³/mol. The first-order chi connectivity index (χ1) is 9.10. The molecule has 19 heavy (non-hydrogen) atoms. The second kappa shape index (κ2) is 5.79. The molecule has 0 aromatic carbocycles. The highest BCUT2D eigenvalue weighted by molar-refractivity contribution is 5.92. The molecule has 0 bridgehead atoms. The molecule has 1 fully saturated rings. The van der Waals surface area contributed by atoms with Crippen molar-refractivity contribution < 1.29 is 19.4 Å². The standard InChI is InChI=1S/C11H16N4O4/c1-19-8-3-2-4-14(5-8)11(18)9-6-15(13-12-9)7-10(16)17/h6,8H,2-5,7H2,1H3,(H,16,17). The van der Waals surface area contributed by atoms with E-state index >= 15 is 0 Å². The molecule has 8 heteroatoms. The van der Waals surface area contributed by atoms with Gasteiger partial charge in [0.1, 0.15) is 6.54 Å². The Morgan fingerprint density at radius 1 is 1.58 bits per heavy atom. The first-order valence-electron chi connectivity index (χ1n) is 6.04.